The SMILES string of the molecule is CC(C)COc1cccc(C=C2SC(=O)NC2=O)c1N1CCCC(N)C1. The van der Waals surface area contributed by atoms with Crippen LogP contribution in [-0.4, -0.2) is 36.9 Å². The minimum absolute atomic E-state index is 0.119. The van der Waals surface area contributed by atoms with Crippen LogP contribution in [0.5, 0.6) is 5.75 Å². The maximum absolute atomic E-state index is 11.9. The molecule has 2 aliphatic rings. The van der Waals surface area contributed by atoms with Crippen molar-refractivity contribution in [3.63, 3.8) is 0 Å². The average Bonchev–Trinajstić information content (AvgIpc) is 2.90. The molecule has 2 aliphatic heterocycles. The summed E-state index contributed by atoms with van der Waals surface area (Å²) in [5, 5.41) is 1.96. The van der Waals surface area contributed by atoms with Crippen molar-refractivity contribution in [2.45, 2.75) is 32.7 Å². The van der Waals surface area contributed by atoms with Gasteiger partial charge in [0.25, 0.3) is 11.1 Å². The molecule has 0 saturated carbocycles. The van der Waals surface area contributed by atoms with Gasteiger partial charge >= 0.3 is 0 Å². The highest BCUT2D eigenvalue weighted by atomic mass is 32.2. The predicted octanol–water partition coefficient (Wildman–Crippen LogP) is 2.97. The molecular weight excluding hydrogens is 350 g/mol. The smallest absolute Gasteiger partial charge is 0.290 e. The molecule has 2 amide bonds. The summed E-state index contributed by atoms with van der Waals surface area (Å²) in [5.41, 5.74) is 7.99. The third-order valence-electron chi connectivity index (χ3n) is 4.31. The van der Waals surface area contributed by atoms with E-state index in [2.05, 4.69) is 24.1 Å². The Morgan fingerprint density at radius 3 is 2.88 bits per heavy atom. The van der Waals surface area contributed by atoms with E-state index in [-0.39, 0.29) is 17.2 Å². The van der Waals surface area contributed by atoms with E-state index in [0.29, 0.717) is 17.4 Å². The number of thioether (sulfide) groups is 1. The van der Waals surface area contributed by atoms with E-state index in [4.69, 9.17) is 10.5 Å². The quantitative estimate of drug-likeness (QED) is 0.770. The van der Waals surface area contributed by atoms with Crippen LogP contribution in [0.1, 0.15) is 32.3 Å². The first-order valence-electron chi connectivity index (χ1n) is 8.95. The Morgan fingerprint density at radius 1 is 1.42 bits per heavy atom. The van der Waals surface area contributed by atoms with Crippen LogP contribution < -0.4 is 20.7 Å². The third-order valence-corrected chi connectivity index (χ3v) is 5.12. The number of carbonyl (C=O) groups excluding carboxylic acids is 2. The Bertz CT molecular complexity index is 733. The molecule has 2 heterocycles. The number of rotatable bonds is 5. The van der Waals surface area contributed by atoms with Gasteiger partial charge in [-0.05, 0) is 42.7 Å². The van der Waals surface area contributed by atoms with Gasteiger partial charge in [0.1, 0.15) is 5.75 Å². The normalized spacial score (nSPS) is 22.2. The van der Waals surface area contributed by atoms with E-state index < -0.39 is 0 Å². The van der Waals surface area contributed by atoms with Crippen molar-refractivity contribution >= 4 is 34.7 Å². The predicted molar refractivity (Wildman–Crippen MR) is 105 cm³/mol. The molecule has 0 aromatic heterocycles. The summed E-state index contributed by atoms with van der Waals surface area (Å²) in [5.74, 6) is 0.842. The molecule has 1 atom stereocenters. The molecule has 7 heteroatoms. The summed E-state index contributed by atoms with van der Waals surface area (Å²) < 4.78 is 6.05. The van der Waals surface area contributed by atoms with E-state index in [1.165, 1.54) is 0 Å². The lowest BCUT2D eigenvalue weighted by atomic mass is 10.0. The van der Waals surface area contributed by atoms with Crippen LogP contribution in [0.15, 0.2) is 23.1 Å². The number of carbonyl (C=O) groups is 2. The largest absolute Gasteiger partial charge is 0.491 e. The number of benzene rings is 1. The number of hydrogen-bond donors (Lipinski definition) is 2. The van der Waals surface area contributed by atoms with E-state index in [0.717, 1.165) is 54.7 Å². The maximum Gasteiger partial charge on any atom is 0.290 e. The first-order valence-corrected chi connectivity index (χ1v) is 9.77. The van der Waals surface area contributed by atoms with Gasteiger partial charge in [-0.25, -0.2) is 0 Å². The van der Waals surface area contributed by atoms with Gasteiger partial charge in [0.05, 0.1) is 17.2 Å². The highest BCUT2D eigenvalue weighted by Crippen LogP contribution is 2.37. The number of ether oxygens (including phenoxy) is 1. The van der Waals surface area contributed by atoms with Crippen LogP contribution >= 0.6 is 11.8 Å². The standard InChI is InChI=1S/C19H25N3O3S/c1-12(2)11-25-15-7-3-5-13(9-16-18(23)21-19(24)26-16)17(15)22-8-4-6-14(20)10-22/h3,5,7,9,12,14H,4,6,8,10-11,20H2,1-2H3,(H,21,23,24). The highest BCUT2D eigenvalue weighted by Gasteiger charge is 2.27. The fourth-order valence-corrected chi connectivity index (χ4v) is 3.82. The van der Waals surface area contributed by atoms with Crippen molar-refractivity contribution < 1.29 is 14.3 Å². The number of imide groups is 1. The molecule has 0 spiro atoms. The lowest BCUT2D eigenvalue weighted by Gasteiger charge is -2.34. The first kappa shape index (κ1) is 18.8. The molecular formula is C19H25N3O3S. The van der Waals surface area contributed by atoms with Gasteiger partial charge < -0.3 is 15.4 Å². The van der Waals surface area contributed by atoms with Crippen molar-refractivity contribution in [1.29, 1.82) is 0 Å². The van der Waals surface area contributed by atoms with Crippen molar-refractivity contribution in [2.75, 3.05) is 24.6 Å². The Morgan fingerprint density at radius 2 is 2.23 bits per heavy atom. The van der Waals surface area contributed by atoms with Gasteiger partial charge in [-0.3, -0.25) is 14.9 Å². The lowest BCUT2D eigenvalue weighted by molar-refractivity contribution is -0.115. The van der Waals surface area contributed by atoms with E-state index in [9.17, 15) is 9.59 Å². The van der Waals surface area contributed by atoms with Gasteiger partial charge in [-0.1, -0.05) is 26.0 Å². The van der Waals surface area contributed by atoms with Gasteiger partial charge in [0.2, 0.25) is 0 Å². The molecule has 2 saturated heterocycles. The van der Waals surface area contributed by atoms with Crippen molar-refractivity contribution in [2.24, 2.45) is 11.7 Å². The number of nitrogens with two attached hydrogens (primary N) is 1. The van der Waals surface area contributed by atoms with Gasteiger partial charge in [0, 0.05) is 24.7 Å². The van der Waals surface area contributed by atoms with Crippen LogP contribution in [0.3, 0.4) is 0 Å². The van der Waals surface area contributed by atoms with Crippen LogP contribution in [-0.2, 0) is 4.79 Å². The molecule has 2 fully saturated rings. The summed E-state index contributed by atoms with van der Waals surface area (Å²) in [6, 6.07) is 5.93. The summed E-state index contributed by atoms with van der Waals surface area (Å²) >= 11 is 0.926. The zero-order valence-electron chi connectivity index (χ0n) is 15.2. The topological polar surface area (TPSA) is 84.7 Å². The zero-order chi connectivity index (χ0) is 18.7. The van der Waals surface area contributed by atoms with Crippen LogP contribution in [0.2, 0.25) is 0 Å². The molecule has 140 valence electrons. The Balaban J connectivity index is 1.99. The molecule has 0 radical (unpaired) electrons. The molecule has 0 aliphatic carbocycles. The van der Waals surface area contributed by atoms with Gasteiger partial charge in [-0.15, -0.1) is 0 Å². The van der Waals surface area contributed by atoms with Crippen molar-refractivity contribution in [3.8, 4) is 5.75 Å². The first-order chi connectivity index (χ1) is 12.4. The second-order valence-corrected chi connectivity index (χ2v) is 8.11. The molecule has 1 aromatic rings. The van der Waals surface area contributed by atoms with Gasteiger partial charge in [0.15, 0.2) is 0 Å². The van der Waals surface area contributed by atoms with Crippen molar-refractivity contribution in [1.82, 2.24) is 5.32 Å². The summed E-state index contributed by atoms with van der Waals surface area (Å²) in [7, 11) is 0. The monoisotopic (exact) mass is 375 g/mol. The fraction of sp³-hybridized carbons (Fsp3) is 0.474. The van der Waals surface area contributed by atoms with Crippen LogP contribution in [0, 0.1) is 5.92 Å². The molecule has 3 rings (SSSR count). The minimum Gasteiger partial charge on any atom is -0.491 e. The second-order valence-electron chi connectivity index (χ2n) is 7.10. The Hall–Kier alpha value is -1.99. The molecule has 26 heavy (non-hydrogen) atoms. The number of amides is 2. The third kappa shape index (κ3) is 4.40. The number of piperidine rings is 1. The average molecular weight is 375 g/mol. The van der Waals surface area contributed by atoms with Gasteiger partial charge in [-0.2, -0.15) is 0 Å². The summed E-state index contributed by atoms with van der Waals surface area (Å²) in [6.45, 7) is 6.46. The number of hydrogen-bond acceptors (Lipinski definition) is 6. The summed E-state index contributed by atoms with van der Waals surface area (Å²) in [4.78, 5) is 26.0. The number of nitrogens with zero attached hydrogens (tertiary/aromatic N) is 1. The highest BCUT2D eigenvalue weighted by molar-refractivity contribution is 8.18. The van der Waals surface area contributed by atoms with E-state index in [1.807, 2.05) is 18.2 Å². The zero-order valence-corrected chi connectivity index (χ0v) is 16.0. The molecule has 1 unspecified atom stereocenters. The maximum atomic E-state index is 11.9. The Kier molecular flexibility index (Phi) is 5.88. The van der Waals surface area contributed by atoms with E-state index in [1.54, 1.807) is 6.08 Å². The fourth-order valence-electron chi connectivity index (χ4n) is 3.14. The van der Waals surface area contributed by atoms with Crippen LogP contribution in [0.25, 0.3) is 6.08 Å². The lowest BCUT2D eigenvalue weighted by Crippen LogP contribution is -2.43. The number of anilines is 1. The number of nitrogens with one attached hydrogen (secondary N) is 1. The molecule has 0 bridgehead atoms. The summed E-state index contributed by atoms with van der Waals surface area (Å²) in [6.07, 6.45) is 3.79. The Labute approximate surface area is 158 Å². The van der Waals surface area contributed by atoms with Crippen LogP contribution in [0.4, 0.5) is 10.5 Å². The van der Waals surface area contributed by atoms with Crippen molar-refractivity contribution in [3.05, 3.63) is 28.7 Å². The number of para-hydroxylation sites is 1. The second kappa shape index (κ2) is 8.14. The molecule has 6 nitrogen and oxygen atoms in total. The molecule has 3 N–H and O–H groups in total. The minimum atomic E-state index is -0.352. The van der Waals surface area contributed by atoms with E-state index >= 15 is 0 Å². The molecule has 1 aromatic carbocycles.